The summed E-state index contributed by atoms with van der Waals surface area (Å²) in [6.45, 7) is 6.40. The minimum atomic E-state index is 0.239. The zero-order valence-electron chi connectivity index (χ0n) is 10.0. The Morgan fingerprint density at radius 2 is 2.13 bits per heavy atom. The molecule has 0 bridgehead atoms. The number of hydrogen-bond donors (Lipinski definition) is 2. The van der Waals surface area contributed by atoms with E-state index in [1.807, 2.05) is 0 Å². The summed E-state index contributed by atoms with van der Waals surface area (Å²) in [6.07, 6.45) is 5.17. The molecule has 88 valence electrons. The maximum atomic E-state index is 11.7. The second kappa shape index (κ2) is 6.83. The van der Waals surface area contributed by atoms with Crippen LogP contribution in [0.1, 0.15) is 46.0 Å². The quantitative estimate of drug-likeness (QED) is 0.728. The van der Waals surface area contributed by atoms with Gasteiger partial charge in [-0.15, -0.1) is 0 Å². The molecule has 0 aromatic carbocycles. The average molecular weight is 212 g/mol. The molecular formula is C12H24N2O. The molecule has 3 nitrogen and oxygen atoms in total. The molecule has 2 N–H and O–H groups in total. The average Bonchev–Trinajstić information content (AvgIpc) is 2.19. The highest BCUT2D eigenvalue weighted by atomic mass is 16.1. The summed E-state index contributed by atoms with van der Waals surface area (Å²) in [4.78, 5) is 11.7. The van der Waals surface area contributed by atoms with Gasteiger partial charge in [-0.05, 0) is 31.8 Å². The zero-order valence-corrected chi connectivity index (χ0v) is 10.0. The Morgan fingerprint density at radius 1 is 1.47 bits per heavy atom. The van der Waals surface area contributed by atoms with Crippen molar-refractivity contribution < 1.29 is 4.79 Å². The van der Waals surface area contributed by atoms with Crippen LogP contribution < -0.4 is 10.6 Å². The molecule has 1 heterocycles. The maximum Gasteiger partial charge on any atom is 0.220 e. The smallest absolute Gasteiger partial charge is 0.220 e. The second-order valence-corrected chi connectivity index (χ2v) is 4.69. The van der Waals surface area contributed by atoms with E-state index in [-0.39, 0.29) is 5.91 Å². The van der Waals surface area contributed by atoms with Crippen LogP contribution in [0.25, 0.3) is 0 Å². The van der Waals surface area contributed by atoms with Gasteiger partial charge in [0, 0.05) is 12.5 Å². The SMILES string of the molecule is CCCC(C)CC(=O)NC1CCNCC1. The lowest BCUT2D eigenvalue weighted by atomic mass is 10.0. The Hall–Kier alpha value is -0.570. The number of piperidine rings is 1. The Morgan fingerprint density at radius 3 is 2.73 bits per heavy atom. The Labute approximate surface area is 93.0 Å². The van der Waals surface area contributed by atoms with Crippen LogP contribution in [0.15, 0.2) is 0 Å². The maximum absolute atomic E-state index is 11.7. The van der Waals surface area contributed by atoms with Crippen molar-refractivity contribution in [3.05, 3.63) is 0 Å². The normalized spacial score (nSPS) is 19.9. The van der Waals surface area contributed by atoms with Gasteiger partial charge in [0.25, 0.3) is 0 Å². The first-order valence-corrected chi connectivity index (χ1v) is 6.22. The number of rotatable bonds is 5. The van der Waals surface area contributed by atoms with Crippen molar-refractivity contribution in [1.29, 1.82) is 0 Å². The van der Waals surface area contributed by atoms with Gasteiger partial charge in [-0.25, -0.2) is 0 Å². The van der Waals surface area contributed by atoms with E-state index in [1.165, 1.54) is 6.42 Å². The minimum Gasteiger partial charge on any atom is -0.353 e. The van der Waals surface area contributed by atoms with E-state index < -0.39 is 0 Å². The first kappa shape index (κ1) is 12.5. The molecule has 0 aliphatic carbocycles. The van der Waals surface area contributed by atoms with Crippen LogP contribution in [0.4, 0.5) is 0 Å². The molecule has 15 heavy (non-hydrogen) atoms. The van der Waals surface area contributed by atoms with Crippen LogP contribution >= 0.6 is 0 Å². The van der Waals surface area contributed by atoms with Gasteiger partial charge in [0.15, 0.2) is 0 Å². The lowest BCUT2D eigenvalue weighted by Gasteiger charge is -2.24. The van der Waals surface area contributed by atoms with Crippen LogP contribution in [-0.2, 0) is 4.79 Å². The van der Waals surface area contributed by atoms with Crippen LogP contribution in [0.5, 0.6) is 0 Å². The van der Waals surface area contributed by atoms with Crippen LogP contribution in [0, 0.1) is 5.92 Å². The van der Waals surface area contributed by atoms with Gasteiger partial charge in [0.05, 0.1) is 0 Å². The molecule has 0 radical (unpaired) electrons. The molecule has 1 aliphatic heterocycles. The third kappa shape index (κ3) is 5.17. The highest BCUT2D eigenvalue weighted by Crippen LogP contribution is 2.10. The summed E-state index contributed by atoms with van der Waals surface area (Å²) >= 11 is 0. The third-order valence-electron chi connectivity index (χ3n) is 3.02. The minimum absolute atomic E-state index is 0.239. The Balaban J connectivity index is 2.16. The molecule has 1 atom stereocenters. The van der Waals surface area contributed by atoms with Gasteiger partial charge in [0.1, 0.15) is 0 Å². The summed E-state index contributed by atoms with van der Waals surface area (Å²) in [7, 11) is 0. The fourth-order valence-electron chi connectivity index (χ4n) is 2.16. The lowest BCUT2D eigenvalue weighted by molar-refractivity contribution is -0.122. The third-order valence-corrected chi connectivity index (χ3v) is 3.02. The molecule has 1 saturated heterocycles. The molecule has 1 aliphatic rings. The predicted molar refractivity (Wildman–Crippen MR) is 62.7 cm³/mol. The zero-order chi connectivity index (χ0) is 11.1. The number of carbonyl (C=O) groups is 1. The van der Waals surface area contributed by atoms with E-state index in [1.54, 1.807) is 0 Å². The first-order valence-electron chi connectivity index (χ1n) is 6.22. The fraction of sp³-hybridized carbons (Fsp3) is 0.917. The van der Waals surface area contributed by atoms with Crippen LogP contribution in [-0.4, -0.2) is 25.0 Å². The molecule has 0 saturated carbocycles. The summed E-state index contributed by atoms with van der Waals surface area (Å²) in [5, 5.41) is 6.43. The van der Waals surface area contributed by atoms with Crippen molar-refractivity contribution in [2.24, 2.45) is 5.92 Å². The summed E-state index contributed by atoms with van der Waals surface area (Å²) in [6, 6.07) is 0.410. The van der Waals surface area contributed by atoms with Gasteiger partial charge >= 0.3 is 0 Å². The molecule has 3 heteroatoms. The molecule has 0 spiro atoms. The lowest BCUT2D eigenvalue weighted by Crippen LogP contribution is -2.43. The van der Waals surface area contributed by atoms with E-state index in [9.17, 15) is 4.79 Å². The van der Waals surface area contributed by atoms with Gasteiger partial charge in [0.2, 0.25) is 5.91 Å². The van der Waals surface area contributed by atoms with E-state index in [0.717, 1.165) is 32.4 Å². The summed E-state index contributed by atoms with van der Waals surface area (Å²) in [5.74, 6) is 0.763. The Kier molecular flexibility index (Phi) is 5.69. The monoisotopic (exact) mass is 212 g/mol. The molecular weight excluding hydrogens is 188 g/mol. The van der Waals surface area contributed by atoms with E-state index in [0.29, 0.717) is 18.4 Å². The second-order valence-electron chi connectivity index (χ2n) is 4.69. The Bertz CT molecular complexity index is 188. The van der Waals surface area contributed by atoms with E-state index in [2.05, 4.69) is 24.5 Å². The van der Waals surface area contributed by atoms with Crippen molar-refractivity contribution in [3.63, 3.8) is 0 Å². The topological polar surface area (TPSA) is 41.1 Å². The van der Waals surface area contributed by atoms with Gasteiger partial charge in [-0.3, -0.25) is 4.79 Å². The number of carbonyl (C=O) groups excluding carboxylic acids is 1. The summed E-state index contributed by atoms with van der Waals surface area (Å²) < 4.78 is 0. The van der Waals surface area contributed by atoms with Gasteiger partial charge < -0.3 is 10.6 Å². The van der Waals surface area contributed by atoms with Crippen molar-refractivity contribution >= 4 is 5.91 Å². The largest absolute Gasteiger partial charge is 0.353 e. The summed E-state index contributed by atoms with van der Waals surface area (Å²) in [5.41, 5.74) is 0. The van der Waals surface area contributed by atoms with Crippen LogP contribution in [0.3, 0.4) is 0 Å². The predicted octanol–water partition coefficient (Wildman–Crippen LogP) is 1.68. The molecule has 0 aromatic heterocycles. The molecule has 1 rings (SSSR count). The van der Waals surface area contributed by atoms with E-state index >= 15 is 0 Å². The molecule has 1 unspecified atom stereocenters. The number of hydrogen-bond acceptors (Lipinski definition) is 2. The number of amides is 1. The van der Waals surface area contributed by atoms with Gasteiger partial charge in [-0.2, -0.15) is 0 Å². The molecule has 1 fully saturated rings. The molecule has 1 amide bonds. The van der Waals surface area contributed by atoms with Crippen molar-refractivity contribution in [2.45, 2.75) is 52.0 Å². The van der Waals surface area contributed by atoms with Crippen molar-refractivity contribution in [1.82, 2.24) is 10.6 Å². The van der Waals surface area contributed by atoms with Crippen molar-refractivity contribution in [3.8, 4) is 0 Å². The van der Waals surface area contributed by atoms with Gasteiger partial charge in [-0.1, -0.05) is 26.7 Å². The number of nitrogens with one attached hydrogen (secondary N) is 2. The standard InChI is InChI=1S/C12H24N2O/c1-3-4-10(2)9-12(15)14-11-5-7-13-8-6-11/h10-11,13H,3-9H2,1-2H3,(H,14,15). The van der Waals surface area contributed by atoms with E-state index in [4.69, 9.17) is 0 Å². The first-order chi connectivity index (χ1) is 7.22. The van der Waals surface area contributed by atoms with Crippen molar-refractivity contribution in [2.75, 3.05) is 13.1 Å². The molecule has 0 aromatic rings. The highest BCUT2D eigenvalue weighted by Gasteiger charge is 2.16. The fourth-order valence-corrected chi connectivity index (χ4v) is 2.16. The van der Waals surface area contributed by atoms with Crippen LogP contribution in [0.2, 0.25) is 0 Å². The highest BCUT2D eigenvalue weighted by molar-refractivity contribution is 5.76.